The molecule has 0 unspecified atom stereocenters. The van der Waals surface area contributed by atoms with Crippen LogP contribution in [0.5, 0.6) is 0 Å². The number of nitrogens with zero attached hydrogens (tertiary/aromatic N) is 3. The van der Waals surface area contributed by atoms with Crippen LogP contribution in [0.3, 0.4) is 0 Å². The van der Waals surface area contributed by atoms with E-state index >= 15 is 0 Å². The van der Waals surface area contributed by atoms with Gasteiger partial charge in [-0.15, -0.1) is 0 Å². The van der Waals surface area contributed by atoms with Gasteiger partial charge in [0.15, 0.2) is 6.19 Å². The molecule has 0 aromatic rings. The maximum Gasteiger partial charge on any atom is 0.222 e. The second-order valence-corrected chi connectivity index (χ2v) is 7.52. The predicted molar refractivity (Wildman–Crippen MR) is 78.8 cm³/mol. The first-order valence-electron chi connectivity index (χ1n) is 7.77. The highest BCUT2D eigenvalue weighted by molar-refractivity contribution is 5.76. The Bertz CT molecular complexity index is 404. The first-order valence-corrected chi connectivity index (χ1v) is 7.77. The zero-order valence-corrected chi connectivity index (χ0v) is 13.3. The quantitative estimate of drug-likeness (QED) is 0.692. The van der Waals surface area contributed by atoms with Gasteiger partial charge in [-0.1, -0.05) is 6.42 Å². The molecule has 0 atom stereocenters. The summed E-state index contributed by atoms with van der Waals surface area (Å²) in [4.78, 5) is 16.4. The van der Waals surface area contributed by atoms with E-state index in [1.807, 2.05) is 4.90 Å². The first kappa shape index (κ1) is 15.2. The highest BCUT2D eigenvalue weighted by Crippen LogP contribution is 2.40. The van der Waals surface area contributed by atoms with Crippen LogP contribution >= 0.6 is 0 Å². The molecule has 0 aromatic carbocycles. The van der Waals surface area contributed by atoms with Gasteiger partial charge in [-0.05, 0) is 53.4 Å². The Labute approximate surface area is 122 Å². The van der Waals surface area contributed by atoms with Crippen molar-refractivity contribution >= 4 is 5.91 Å². The summed E-state index contributed by atoms with van der Waals surface area (Å²) in [5.41, 5.74) is -0.374. The normalized spacial score (nSPS) is 27.1. The van der Waals surface area contributed by atoms with Gasteiger partial charge in [-0.25, -0.2) is 0 Å². The third-order valence-corrected chi connectivity index (χ3v) is 4.83. The number of carbonyl (C=O) groups is 1. The molecule has 4 heteroatoms. The molecule has 2 rings (SSSR count). The maximum atomic E-state index is 12.3. The van der Waals surface area contributed by atoms with Gasteiger partial charge in [0.25, 0.3) is 0 Å². The lowest BCUT2D eigenvalue weighted by atomic mass is 9.77. The summed E-state index contributed by atoms with van der Waals surface area (Å²) in [5.74, 6) is 0.310. The van der Waals surface area contributed by atoms with Crippen molar-refractivity contribution in [2.75, 3.05) is 6.54 Å². The van der Waals surface area contributed by atoms with Gasteiger partial charge in [-0.2, -0.15) is 5.26 Å². The van der Waals surface area contributed by atoms with E-state index in [0.29, 0.717) is 12.3 Å². The molecule has 0 bridgehead atoms. The molecular formula is C16H27N3O. The summed E-state index contributed by atoms with van der Waals surface area (Å²) in [6.07, 6.45) is 8.13. The number of amides is 1. The minimum atomic E-state index is -0.187. The third-order valence-electron chi connectivity index (χ3n) is 4.83. The number of likely N-dealkylation sites (tertiary alicyclic amines) is 2. The minimum Gasteiger partial charge on any atom is -0.340 e. The van der Waals surface area contributed by atoms with Crippen molar-refractivity contribution in [3.63, 3.8) is 0 Å². The van der Waals surface area contributed by atoms with Gasteiger partial charge in [-0.3, -0.25) is 9.69 Å². The minimum absolute atomic E-state index is 0.187. The summed E-state index contributed by atoms with van der Waals surface area (Å²) in [6.45, 7) is 9.36. The lowest BCUT2D eigenvalue weighted by Gasteiger charge is -2.54. The zero-order valence-electron chi connectivity index (χ0n) is 13.3. The van der Waals surface area contributed by atoms with E-state index in [4.69, 9.17) is 0 Å². The van der Waals surface area contributed by atoms with Gasteiger partial charge < -0.3 is 4.90 Å². The van der Waals surface area contributed by atoms with Crippen molar-refractivity contribution in [1.29, 1.82) is 5.26 Å². The van der Waals surface area contributed by atoms with Gasteiger partial charge in [0.2, 0.25) is 5.91 Å². The van der Waals surface area contributed by atoms with Crippen molar-refractivity contribution in [1.82, 2.24) is 9.80 Å². The van der Waals surface area contributed by atoms with E-state index in [-0.39, 0.29) is 17.1 Å². The van der Waals surface area contributed by atoms with Crippen molar-refractivity contribution in [3.8, 4) is 6.19 Å². The fraction of sp³-hybridized carbons (Fsp3) is 0.875. The molecule has 2 aliphatic heterocycles. The van der Waals surface area contributed by atoms with Crippen molar-refractivity contribution in [2.45, 2.75) is 83.3 Å². The highest BCUT2D eigenvalue weighted by atomic mass is 16.2. The van der Waals surface area contributed by atoms with E-state index in [0.717, 1.165) is 38.6 Å². The molecule has 2 fully saturated rings. The van der Waals surface area contributed by atoms with Gasteiger partial charge >= 0.3 is 0 Å². The fourth-order valence-corrected chi connectivity index (χ4v) is 4.11. The molecule has 0 saturated carbocycles. The second-order valence-electron chi connectivity index (χ2n) is 7.52. The van der Waals surface area contributed by atoms with Crippen LogP contribution in [-0.4, -0.2) is 39.4 Å². The number of rotatable bonds is 1. The standard InChI is InChI=1S/C16H27N3O/c1-15(2)10-13(11-16(3,4)19(15)12-17)18-9-7-5-6-8-14(18)20/h13H,5-11H2,1-4H3. The molecule has 0 aliphatic carbocycles. The van der Waals surface area contributed by atoms with E-state index in [9.17, 15) is 10.1 Å². The number of hydrogen-bond acceptors (Lipinski definition) is 3. The van der Waals surface area contributed by atoms with Crippen LogP contribution in [0.1, 0.15) is 66.2 Å². The number of hydrogen-bond donors (Lipinski definition) is 0. The molecule has 0 N–H and O–H groups in total. The Hall–Kier alpha value is -1.24. The topological polar surface area (TPSA) is 47.3 Å². The third kappa shape index (κ3) is 2.77. The molecule has 0 radical (unpaired) electrons. The summed E-state index contributed by atoms with van der Waals surface area (Å²) in [6, 6.07) is 0.273. The van der Waals surface area contributed by atoms with Gasteiger partial charge in [0.05, 0.1) is 0 Å². The van der Waals surface area contributed by atoms with Crippen molar-refractivity contribution < 1.29 is 4.79 Å². The Morgan fingerprint density at radius 1 is 1.10 bits per heavy atom. The SMILES string of the molecule is CC1(C)CC(N2CCCCCC2=O)CC(C)(C)N1C#N. The molecule has 112 valence electrons. The van der Waals surface area contributed by atoms with Gasteiger partial charge in [0.1, 0.15) is 0 Å². The Kier molecular flexibility index (Phi) is 4.00. The Morgan fingerprint density at radius 2 is 1.70 bits per heavy atom. The predicted octanol–water partition coefficient (Wildman–Crippen LogP) is 2.89. The van der Waals surface area contributed by atoms with Crippen LogP contribution in [0.2, 0.25) is 0 Å². The van der Waals surface area contributed by atoms with E-state index in [2.05, 4.69) is 38.8 Å². The zero-order chi connectivity index (χ0) is 15.0. The molecule has 0 aromatic heterocycles. The molecule has 2 heterocycles. The smallest absolute Gasteiger partial charge is 0.222 e. The van der Waals surface area contributed by atoms with Crippen molar-refractivity contribution in [3.05, 3.63) is 0 Å². The van der Waals surface area contributed by atoms with E-state index in [1.54, 1.807) is 0 Å². The lowest BCUT2D eigenvalue weighted by Crippen LogP contribution is -2.63. The lowest BCUT2D eigenvalue weighted by molar-refractivity contribution is -0.136. The summed E-state index contributed by atoms with van der Waals surface area (Å²) in [5, 5.41) is 9.45. The molecule has 1 amide bonds. The maximum absolute atomic E-state index is 12.3. The molecule has 4 nitrogen and oxygen atoms in total. The monoisotopic (exact) mass is 277 g/mol. The van der Waals surface area contributed by atoms with E-state index < -0.39 is 0 Å². The van der Waals surface area contributed by atoms with Gasteiger partial charge in [0, 0.05) is 30.1 Å². The van der Waals surface area contributed by atoms with Crippen LogP contribution in [0.25, 0.3) is 0 Å². The highest BCUT2D eigenvalue weighted by Gasteiger charge is 2.47. The summed E-state index contributed by atoms with van der Waals surface area (Å²) < 4.78 is 0. The molecule has 2 saturated heterocycles. The van der Waals surface area contributed by atoms with Crippen LogP contribution in [0.4, 0.5) is 0 Å². The largest absolute Gasteiger partial charge is 0.340 e. The summed E-state index contributed by atoms with van der Waals surface area (Å²) >= 11 is 0. The molecule has 0 spiro atoms. The number of nitriles is 1. The van der Waals surface area contributed by atoms with Crippen molar-refractivity contribution in [2.24, 2.45) is 0 Å². The van der Waals surface area contributed by atoms with Crippen LogP contribution in [-0.2, 0) is 4.79 Å². The average Bonchev–Trinajstić information content (AvgIpc) is 2.51. The number of piperidine rings is 1. The average molecular weight is 277 g/mol. The van der Waals surface area contributed by atoms with E-state index in [1.165, 1.54) is 0 Å². The fourth-order valence-electron chi connectivity index (χ4n) is 4.11. The Morgan fingerprint density at radius 3 is 2.25 bits per heavy atom. The molecule has 2 aliphatic rings. The second kappa shape index (κ2) is 5.27. The van der Waals surface area contributed by atoms with Crippen LogP contribution in [0, 0.1) is 11.5 Å². The molecular weight excluding hydrogens is 250 g/mol. The summed E-state index contributed by atoms with van der Waals surface area (Å²) in [7, 11) is 0. The van der Waals surface area contributed by atoms with Crippen LogP contribution in [0.15, 0.2) is 0 Å². The Balaban J connectivity index is 2.22. The molecule has 20 heavy (non-hydrogen) atoms. The number of carbonyl (C=O) groups excluding carboxylic acids is 1. The van der Waals surface area contributed by atoms with Crippen LogP contribution < -0.4 is 0 Å². The first-order chi connectivity index (χ1) is 9.28.